The summed E-state index contributed by atoms with van der Waals surface area (Å²) in [4.78, 5) is 0. The Hall–Kier alpha value is -1.05. The molecule has 2 rings (SSSR count). The molecule has 0 heterocycles. The molecular weight excluding hydrogens is 165 g/mol. The van der Waals surface area contributed by atoms with E-state index in [9.17, 15) is 4.39 Å². The van der Waals surface area contributed by atoms with E-state index >= 15 is 0 Å². The Morgan fingerprint density at radius 2 is 2.23 bits per heavy atom. The van der Waals surface area contributed by atoms with Gasteiger partial charge in [0.15, 0.2) is 0 Å². The summed E-state index contributed by atoms with van der Waals surface area (Å²) in [5.41, 5.74) is 1.74. The minimum absolute atomic E-state index is 0.147. The van der Waals surface area contributed by atoms with Crippen LogP contribution in [0.1, 0.15) is 18.4 Å². The Balaban J connectivity index is 2.03. The van der Waals surface area contributed by atoms with Crippen LogP contribution in [-0.4, -0.2) is 6.54 Å². The normalized spacial score (nSPS) is 15.8. The lowest BCUT2D eigenvalue weighted by Crippen LogP contribution is -2.04. The summed E-state index contributed by atoms with van der Waals surface area (Å²) >= 11 is 0. The van der Waals surface area contributed by atoms with Gasteiger partial charge in [-0.15, -0.1) is 0 Å². The predicted octanol–water partition coefficient (Wildman–Crippen LogP) is 2.96. The van der Waals surface area contributed by atoms with E-state index in [1.807, 2.05) is 13.0 Å². The Kier molecular flexibility index (Phi) is 2.21. The van der Waals surface area contributed by atoms with Crippen molar-refractivity contribution in [1.82, 2.24) is 0 Å². The Bertz CT molecular complexity index is 305. The fourth-order valence-electron chi connectivity index (χ4n) is 1.35. The molecule has 1 aliphatic carbocycles. The smallest absolute Gasteiger partial charge is 0.146 e. The second-order valence-corrected chi connectivity index (χ2v) is 3.81. The molecule has 1 nitrogen and oxygen atoms in total. The van der Waals surface area contributed by atoms with E-state index in [4.69, 9.17) is 0 Å². The fourth-order valence-corrected chi connectivity index (χ4v) is 1.35. The molecule has 0 amide bonds. The molecule has 0 bridgehead atoms. The van der Waals surface area contributed by atoms with Gasteiger partial charge >= 0.3 is 0 Å². The van der Waals surface area contributed by atoms with E-state index in [2.05, 4.69) is 5.32 Å². The molecule has 1 aromatic rings. The van der Waals surface area contributed by atoms with Crippen LogP contribution in [0.5, 0.6) is 0 Å². The maximum Gasteiger partial charge on any atom is 0.146 e. The van der Waals surface area contributed by atoms with Gasteiger partial charge in [0.2, 0.25) is 0 Å². The van der Waals surface area contributed by atoms with Crippen molar-refractivity contribution in [2.45, 2.75) is 19.8 Å². The maximum absolute atomic E-state index is 13.2. The minimum atomic E-state index is -0.147. The first-order chi connectivity index (χ1) is 6.25. The van der Waals surface area contributed by atoms with Crippen molar-refractivity contribution in [3.05, 3.63) is 29.6 Å². The van der Waals surface area contributed by atoms with Crippen LogP contribution >= 0.6 is 0 Å². The molecule has 0 aromatic heterocycles. The first-order valence-electron chi connectivity index (χ1n) is 4.76. The van der Waals surface area contributed by atoms with Gasteiger partial charge in [0, 0.05) is 6.54 Å². The standard InChI is InChI=1S/C11H14FN/c1-8-2-5-10(12)11(6-8)13-7-9-3-4-9/h2,5-6,9,13H,3-4,7H2,1H3. The molecule has 0 unspecified atom stereocenters. The molecule has 1 N–H and O–H groups in total. The maximum atomic E-state index is 13.2. The van der Waals surface area contributed by atoms with E-state index in [-0.39, 0.29) is 5.82 Å². The van der Waals surface area contributed by atoms with E-state index < -0.39 is 0 Å². The van der Waals surface area contributed by atoms with Crippen molar-refractivity contribution in [3.63, 3.8) is 0 Å². The molecule has 1 aromatic carbocycles. The molecule has 0 spiro atoms. The van der Waals surface area contributed by atoms with Gasteiger partial charge in [-0.3, -0.25) is 0 Å². The van der Waals surface area contributed by atoms with Crippen LogP contribution in [0, 0.1) is 18.7 Å². The monoisotopic (exact) mass is 179 g/mol. The molecule has 70 valence electrons. The lowest BCUT2D eigenvalue weighted by Gasteiger charge is -2.07. The Morgan fingerprint density at radius 3 is 2.92 bits per heavy atom. The Morgan fingerprint density at radius 1 is 1.46 bits per heavy atom. The number of hydrogen-bond donors (Lipinski definition) is 1. The van der Waals surface area contributed by atoms with E-state index in [0.29, 0.717) is 5.69 Å². The van der Waals surface area contributed by atoms with Crippen molar-refractivity contribution in [3.8, 4) is 0 Å². The molecule has 0 radical (unpaired) electrons. The number of rotatable bonds is 3. The van der Waals surface area contributed by atoms with Gasteiger partial charge in [0.25, 0.3) is 0 Å². The number of benzene rings is 1. The average molecular weight is 179 g/mol. The van der Waals surface area contributed by atoms with Crippen LogP contribution in [0.3, 0.4) is 0 Å². The topological polar surface area (TPSA) is 12.0 Å². The predicted molar refractivity (Wildman–Crippen MR) is 52.4 cm³/mol. The van der Waals surface area contributed by atoms with Gasteiger partial charge in [0.05, 0.1) is 5.69 Å². The van der Waals surface area contributed by atoms with E-state index in [0.717, 1.165) is 18.0 Å². The summed E-state index contributed by atoms with van der Waals surface area (Å²) in [7, 11) is 0. The van der Waals surface area contributed by atoms with Crippen molar-refractivity contribution in [2.75, 3.05) is 11.9 Å². The van der Waals surface area contributed by atoms with Crippen LogP contribution in [0.2, 0.25) is 0 Å². The van der Waals surface area contributed by atoms with E-state index in [1.54, 1.807) is 6.07 Å². The summed E-state index contributed by atoms with van der Waals surface area (Å²) in [6, 6.07) is 5.17. The molecule has 1 aliphatic rings. The number of hydrogen-bond acceptors (Lipinski definition) is 1. The molecule has 2 heteroatoms. The van der Waals surface area contributed by atoms with Crippen LogP contribution in [0.25, 0.3) is 0 Å². The highest BCUT2D eigenvalue weighted by molar-refractivity contribution is 5.47. The third-order valence-corrected chi connectivity index (χ3v) is 2.40. The van der Waals surface area contributed by atoms with Crippen molar-refractivity contribution in [1.29, 1.82) is 0 Å². The first-order valence-corrected chi connectivity index (χ1v) is 4.76. The van der Waals surface area contributed by atoms with E-state index in [1.165, 1.54) is 18.9 Å². The van der Waals surface area contributed by atoms with Gasteiger partial charge in [0.1, 0.15) is 5.82 Å². The summed E-state index contributed by atoms with van der Waals surface area (Å²) < 4.78 is 13.2. The average Bonchev–Trinajstić information content (AvgIpc) is 2.90. The zero-order valence-corrected chi connectivity index (χ0v) is 7.81. The highest BCUT2D eigenvalue weighted by Crippen LogP contribution is 2.29. The van der Waals surface area contributed by atoms with Crippen LogP contribution < -0.4 is 5.32 Å². The second kappa shape index (κ2) is 3.36. The molecule has 13 heavy (non-hydrogen) atoms. The van der Waals surface area contributed by atoms with Crippen molar-refractivity contribution < 1.29 is 4.39 Å². The number of nitrogens with one attached hydrogen (secondary N) is 1. The lowest BCUT2D eigenvalue weighted by atomic mass is 10.2. The molecule has 0 aliphatic heterocycles. The number of aryl methyl sites for hydroxylation is 1. The van der Waals surface area contributed by atoms with Crippen LogP contribution in [-0.2, 0) is 0 Å². The Labute approximate surface area is 78.0 Å². The fraction of sp³-hybridized carbons (Fsp3) is 0.455. The molecular formula is C11H14FN. The minimum Gasteiger partial charge on any atom is -0.382 e. The van der Waals surface area contributed by atoms with Crippen LogP contribution in [0.15, 0.2) is 18.2 Å². The number of halogens is 1. The zero-order valence-electron chi connectivity index (χ0n) is 7.81. The van der Waals surface area contributed by atoms with Crippen LogP contribution in [0.4, 0.5) is 10.1 Å². The summed E-state index contributed by atoms with van der Waals surface area (Å²) in [6.45, 7) is 2.89. The van der Waals surface area contributed by atoms with Crippen molar-refractivity contribution in [2.24, 2.45) is 5.92 Å². The number of anilines is 1. The van der Waals surface area contributed by atoms with Gasteiger partial charge in [-0.25, -0.2) is 4.39 Å². The zero-order chi connectivity index (χ0) is 9.26. The third kappa shape index (κ3) is 2.20. The summed E-state index contributed by atoms with van der Waals surface area (Å²) in [5.74, 6) is 0.631. The largest absolute Gasteiger partial charge is 0.382 e. The quantitative estimate of drug-likeness (QED) is 0.752. The van der Waals surface area contributed by atoms with Gasteiger partial charge in [-0.05, 0) is 43.4 Å². The van der Waals surface area contributed by atoms with Gasteiger partial charge < -0.3 is 5.32 Å². The molecule has 1 saturated carbocycles. The summed E-state index contributed by atoms with van der Waals surface area (Å²) in [6.07, 6.45) is 2.58. The highest BCUT2D eigenvalue weighted by atomic mass is 19.1. The molecule has 0 saturated heterocycles. The van der Waals surface area contributed by atoms with Gasteiger partial charge in [-0.1, -0.05) is 6.07 Å². The first kappa shape index (κ1) is 8.54. The lowest BCUT2D eigenvalue weighted by molar-refractivity contribution is 0.629. The van der Waals surface area contributed by atoms with Crippen molar-refractivity contribution >= 4 is 5.69 Å². The molecule has 0 atom stereocenters. The highest BCUT2D eigenvalue weighted by Gasteiger charge is 2.20. The summed E-state index contributed by atoms with van der Waals surface area (Å²) in [5, 5.41) is 3.14. The van der Waals surface area contributed by atoms with Gasteiger partial charge in [-0.2, -0.15) is 0 Å². The third-order valence-electron chi connectivity index (χ3n) is 2.40. The molecule has 1 fully saturated rings. The second-order valence-electron chi connectivity index (χ2n) is 3.81. The SMILES string of the molecule is Cc1ccc(F)c(NCC2CC2)c1.